The highest BCUT2D eigenvalue weighted by atomic mass is 32.2. The van der Waals surface area contributed by atoms with Gasteiger partial charge in [0.15, 0.2) is 0 Å². The van der Waals surface area contributed by atoms with Gasteiger partial charge >= 0.3 is 18.2 Å². The number of carbonyl (C=O) groups is 3. The molecule has 2 aliphatic heterocycles. The number of nitrogens with zero attached hydrogens (tertiary/aromatic N) is 1. The molecule has 2 aliphatic rings. The molecule has 1 unspecified atom stereocenters. The zero-order valence-corrected chi connectivity index (χ0v) is 21.4. The van der Waals surface area contributed by atoms with Gasteiger partial charge in [-0.1, -0.05) is 31.4 Å². The van der Waals surface area contributed by atoms with E-state index in [2.05, 4.69) is 27.7 Å². The Balaban J connectivity index is 1.53. The van der Waals surface area contributed by atoms with Crippen molar-refractivity contribution in [3.8, 4) is 0 Å². The smallest absolute Gasteiger partial charge is 0.419 e. The lowest BCUT2D eigenvalue weighted by Crippen LogP contribution is -2.26. The van der Waals surface area contributed by atoms with Crippen molar-refractivity contribution in [1.29, 1.82) is 0 Å². The third kappa shape index (κ3) is 7.05. The highest BCUT2D eigenvalue weighted by molar-refractivity contribution is 7.91. The average molecular weight is 535 g/mol. The minimum Gasteiger partial charge on any atom is -0.424 e. The highest BCUT2D eigenvalue weighted by Crippen LogP contribution is 2.31. The van der Waals surface area contributed by atoms with E-state index in [4.69, 9.17) is 14.2 Å². The fraction of sp³-hybridized carbons (Fsp3) is 0.292. The molecule has 192 valence electrons. The molecule has 1 atom stereocenters. The number of benzene rings is 1. The normalized spacial score (nSPS) is 18.9. The first-order valence-electron chi connectivity index (χ1n) is 11.0. The van der Waals surface area contributed by atoms with Crippen LogP contribution in [0.2, 0.25) is 0 Å². The van der Waals surface area contributed by atoms with Crippen LogP contribution >= 0.6 is 9.24 Å². The molecule has 2 saturated heterocycles. The fourth-order valence-electron chi connectivity index (χ4n) is 3.74. The van der Waals surface area contributed by atoms with Crippen molar-refractivity contribution in [3.05, 3.63) is 72.7 Å². The summed E-state index contributed by atoms with van der Waals surface area (Å²) in [6.45, 7) is 6.40. The molecule has 2 amide bonds. The van der Waals surface area contributed by atoms with Crippen LogP contribution in [0.1, 0.15) is 24.3 Å². The Labute approximate surface area is 211 Å². The zero-order valence-electron chi connectivity index (χ0n) is 19.5. The molecule has 0 bridgehead atoms. The first kappa shape index (κ1) is 27.2. The van der Waals surface area contributed by atoms with Crippen LogP contribution in [0.3, 0.4) is 0 Å². The van der Waals surface area contributed by atoms with Crippen LogP contribution in [-0.4, -0.2) is 51.4 Å². The van der Waals surface area contributed by atoms with E-state index in [-0.39, 0.29) is 35.3 Å². The molecule has 3 rings (SSSR count). The van der Waals surface area contributed by atoms with E-state index in [0.29, 0.717) is 18.5 Å². The molecule has 1 aromatic carbocycles. The van der Waals surface area contributed by atoms with E-state index in [0.717, 1.165) is 10.9 Å². The lowest BCUT2D eigenvalue weighted by Gasteiger charge is -2.24. The zero-order chi connectivity index (χ0) is 26.3. The SMILES string of the molecule is C=C/C=C(\C=C)C(=O)OCOC(=O)N/C=C1/CN(c2ccc(C3CCS(=O)(=O)CC3)c(P)c2)C(=O)O1. The van der Waals surface area contributed by atoms with Gasteiger partial charge in [-0.15, -0.1) is 9.24 Å². The second-order valence-corrected chi connectivity index (χ2v) is 10.9. The van der Waals surface area contributed by atoms with Crippen molar-refractivity contribution in [2.75, 3.05) is 29.7 Å². The van der Waals surface area contributed by atoms with Gasteiger partial charge in [0.25, 0.3) is 0 Å². The van der Waals surface area contributed by atoms with Crippen LogP contribution in [0, 0.1) is 0 Å². The second-order valence-electron chi connectivity index (χ2n) is 7.99. The number of allylic oxidation sites excluding steroid dienone is 2. The molecule has 0 aromatic heterocycles. The standard InChI is InChI=1S/C24H27N2O8PS/c1-3-5-16(4-2)22(27)32-15-33-23(28)25-13-19-14-26(24(29)34-19)18-6-7-20(21(35)12-18)17-8-10-36(30,31)11-9-17/h3-7,12-13,17H,1-2,8-11,14-15,35H2,(H,25,28)/b16-5+,19-13-. The quantitative estimate of drug-likeness (QED) is 0.177. The van der Waals surface area contributed by atoms with E-state index in [9.17, 15) is 22.8 Å². The molecule has 1 N–H and O–H groups in total. The van der Waals surface area contributed by atoms with Crippen LogP contribution in [-0.2, 0) is 28.8 Å². The maximum Gasteiger partial charge on any atom is 0.419 e. The number of anilines is 1. The molecule has 12 heteroatoms. The Bertz CT molecular complexity index is 1220. The third-order valence-corrected chi connectivity index (χ3v) is 7.83. The Morgan fingerprint density at radius 2 is 1.94 bits per heavy atom. The molecular formula is C24H27N2O8PS. The van der Waals surface area contributed by atoms with Crippen molar-refractivity contribution in [2.45, 2.75) is 18.8 Å². The molecule has 2 fully saturated rings. The summed E-state index contributed by atoms with van der Waals surface area (Å²) in [4.78, 5) is 37.4. The maximum absolute atomic E-state index is 12.4. The van der Waals surface area contributed by atoms with Gasteiger partial charge in [0.05, 0.1) is 23.6 Å². The summed E-state index contributed by atoms with van der Waals surface area (Å²) in [5.41, 5.74) is 1.79. The van der Waals surface area contributed by atoms with Gasteiger partial charge in [0.2, 0.25) is 6.79 Å². The average Bonchev–Trinajstić information content (AvgIpc) is 3.21. The van der Waals surface area contributed by atoms with E-state index in [1.807, 2.05) is 12.1 Å². The van der Waals surface area contributed by atoms with Crippen molar-refractivity contribution in [2.24, 2.45) is 0 Å². The number of rotatable bonds is 8. The number of ether oxygens (including phenoxy) is 3. The van der Waals surface area contributed by atoms with Crippen molar-refractivity contribution >= 4 is 48.2 Å². The number of cyclic esters (lactones) is 1. The number of hydrogen-bond acceptors (Lipinski definition) is 8. The highest BCUT2D eigenvalue weighted by Gasteiger charge is 2.30. The minimum absolute atomic E-state index is 0.0776. The molecule has 0 spiro atoms. The third-order valence-electron chi connectivity index (χ3n) is 5.61. The largest absolute Gasteiger partial charge is 0.424 e. The summed E-state index contributed by atoms with van der Waals surface area (Å²) < 4.78 is 38.2. The molecule has 0 radical (unpaired) electrons. The second kappa shape index (κ2) is 12.0. The molecule has 2 heterocycles. The Hall–Kier alpha value is -3.43. The predicted octanol–water partition coefficient (Wildman–Crippen LogP) is 2.80. The number of esters is 1. The van der Waals surface area contributed by atoms with Gasteiger partial charge in [-0.2, -0.15) is 0 Å². The van der Waals surface area contributed by atoms with Crippen LogP contribution in [0.4, 0.5) is 15.3 Å². The first-order valence-corrected chi connectivity index (χ1v) is 13.4. The summed E-state index contributed by atoms with van der Waals surface area (Å²) >= 11 is 0. The molecule has 36 heavy (non-hydrogen) atoms. The van der Waals surface area contributed by atoms with Gasteiger partial charge < -0.3 is 14.2 Å². The molecule has 0 aliphatic carbocycles. The van der Waals surface area contributed by atoms with Crippen LogP contribution in [0.25, 0.3) is 0 Å². The topological polar surface area (TPSA) is 128 Å². The van der Waals surface area contributed by atoms with Gasteiger partial charge in [0.1, 0.15) is 15.6 Å². The van der Waals surface area contributed by atoms with Crippen molar-refractivity contribution < 1.29 is 37.0 Å². The van der Waals surface area contributed by atoms with Gasteiger partial charge in [-0.05, 0) is 47.8 Å². The monoisotopic (exact) mass is 534 g/mol. The fourth-order valence-corrected chi connectivity index (χ4v) is 5.74. The minimum atomic E-state index is -2.95. The number of sulfone groups is 1. The first-order chi connectivity index (χ1) is 17.1. The van der Waals surface area contributed by atoms with Crippen molar-refractivity contribution in [3.63, 3.8) is 0 Å². The van der Waals surface area contributed by atoms with Crippen LogP contribution < -0.4 is 15.5 Å². The van der Waals surface area contributed by atoms with Crippen LogP contribution in [0.15, 0.2) is 67.1 Å². The molecule has 0 saturated carbocycles. The number of carbonyl (C=O) groups excluding carboxylic acids is 3. The predicted molar refractivity (Wildman–Crippen MR) is 137 cm³/mol. The lowest BCUT2D eigenvalue weighted by molar-refractivity contribution is -0.146. The summed E-state index contributed by atoms with van der Waals surface area (Å²) in [7, 11) is -0.311. The summed E-state index contributed by atoms with van der Waals surface area (Å²) in [6, 6.07) is 5.50. The van der Waals surface area contributed by atoms with E-state index >= 15 is 0 Å². The summed E-state index contributed by atoms with van der Waals surface area (Å²) in [5, 5.41) is 3.18. The molecule has 10 nitrogen and oxygen atoms in total. The van der Waals surface area contributed by atoms with Gasteiger partial charge in [-0.3, -0.25) is 10.2 Å². The summed E-state index contributed by atoms with van der Waals surface area (Å²) in [5.74, 6) is -0.0492. The lowest BCUT2D eigenvalue weighted by atomic mass is 9.93. The van der Waals surface area contributed by atoms with E-state index < -0.39 is 34.8 Å². The maximum atomic E-state index is 12.4. The Kier molecular flexibility index (Phi) is 9.06. The van der Waals surface area contributed by atoms with E-state index in [1.54, 1.807) is 6.07 Å². The number of amides is 2. The van der Waals surface area contributed by atoms with Crippen LogP contribution in [0.5, 0.6) is 0 Å². The van der Waals surface area contributed by atoms with Gasteiger partial charge in [-0.25, -0.2) is 22.8 Å². The van der Waals surface area contributed by atoms with Crippen molar-refractivity contribution in [1.82, 2.24) is 5.32 Å². The number of nitrogens with one attached hydrogen (secondary N) is 1. The molecular weight excluding hydrogens is 507 g/mol. The number of hydrogen-bond donors (Lipinski definition) is 1. The van der Waals surface area contributed by atoms with E-state index in [1.165, 1.54) is 29.3 Å². The van der Waals surface area contributed by atoms with Gasteiger partial charge in [0, 0.05) is 11.9 Å². The summed E-state index contributed by atoms with van der Waals surface area (Å²) in [6.07, 6.45) is 4.88. The molecule has 1 aromatic rings. The number of alkyl carbamates (subject to hydrolysis) is 1. The Morgan fingerprint density at radius 3 is 2.58 bits per heavy atom. The Morgan fingerprint density at radius 1 is 1.22 bits per heavy atom.